The number of carbonyl (C=O) groups is 1. The van der Waals surface area contributed by atoms with Crippen LogP contribution < -0.4 is 0 Å². The van der Waals surface area contributed by atoms with E-state index in [4.69, 9.17) is 11.6 Å². The molecule has 2 atom stereocenters. The Kier molecular flexibility index (Phi) is 4.06. The van der Waals surface area contributed by atoms with Gasteiger partial charge in [0.2, 0.25) is 0 Å². The van der Waals surface area contributed by atoms with E-state index in [-0.39, 0.29) is 23.8 Å². The Morgan fingerprint density at radius 2 is 2.11 bits per heavy atom. The number of hydrogen-bond acceptors (Lipinski definition) is 6. The molecule has 0 spiro atoms. The first kappa shape index (κ1) is 13.5. The lowest BCUT2D eigenvalue weighted by molar-refractivity contribution is 0.0572. The van der Waals surface area contributed by atoms with E-state index in [0.717, 1.165) is 0 Å². The summed E-state index contributed by atoms with van der Waals surface area (Å²) in [5, 5.41) is 19.4. The zero-order chi connectivity index (χ0) is 13.3. The highest BCUT2D eigenvalue weighted by molar-refractivity contribution is 7.98. The van der Waals surface area contributed by atoms with Gasteiger partial charge in [0.15, 0.2) is 10.9 Å². The van der Waals surface area contributed by atoms with Crippen LogP contribution in [0.3, 0.4) is 0 Å². The van der Waals surface area contributed by atoms with E-state index in [1.165, 1.54) is 22.9 Å². The lowest BCUT2D eigenvalue weighted by Gasteiger charge is -2.15. The monoisotopic (exact) mass is 289 g/mol. The molecule has 0 aromatic carbocycles. The Balaban J connectivity index is 2.23. The average molecular weight is 290 g/mol. The lowest BCUT2D eigenvalue weighted by Crippen LogP contribution is -2.31. The molecule has 6 nitrogen and oxygen atoms in total. The van der Waals surface area contributed by atoms with E-state index < -0.39 is 18.1 Å². The number of halogens is 1. The number of hydrogen-bond donors (Lipinski definition) is 2. The Morgan fingerprint density at radius 1 is 1.50 bits per heavy atom. The summed E-state index contributed by atoms with van der Waals surface area (Å²) in [6, 6.07) is 0. The minimum atomic E-state index is -0.922. The molecule has 1 aliphatic rings. The fourth-order valence-corrected chi connectivity index (χ4v) is 2.20. The Bertz CT molecular complexity index is 464. The first-order valence-corrected chi connectivity index (χ1v) is 6.85. The van der Waals surface area contributed by atoms with Crippen molar-refractivity contribution in [1.29, 1.82) is 0 Å². The number of carbonyl (C=O) groups excluding carboxylic acids is 1. The molecule has 1 aromatic heterocycles. The number of likely N-dealkylation sites (tertiary alicyclic amines) is 1. The minimum Gasteiger partial charge on any atom is -0.388 e. The van der Waals surface area contributed by atoms with Crippen molar-refractivity contribution >= 4 is 29.3 Å². The largest absolute Gasteiger partial charge is 0.388 e. The zero-order valence-corrected chi connectivity index (χ0v) is 11.1. The third-order valence-corrected chi connectivity index (χ3v) is 3.49. The molecule has 1 amide bonds. The van der Waals surface area contributed by atoms with Gasteiger partial charge in [0.05, 0.1) is 23.4 Å². The second kappa shape index (κ2) is 5.40. The number of rotatable bonds is 2. The van der Waals surface area contributed by atoms with Crippen molar-refractivity contribution in [2.24, 2.45) is 0 Å². The highest BCUT2D eigenvalue weighted by Crippen LogP contribution is 2.20. The van der Waals surface area contributed by atoms with Gasteiger partial charge in [-0.25, -0.2) is 9.97 Å². The third kappa shape index (κ3) is 2.59. The number of aliphatic hydroxyl groups excluding tert-OH is 2. The number of amides is 1. The SMILES string of the molecule is CSc1ncc(Cl)c(C(=O)N2C[C@@H](O)[C@@H](O)C2)n1. The fraction of sp³-hybridized carbons (Fsp3) is 0.500. The molecule has 8 heteroatoms. The zero-order valence-electron chi connectivity index (χ0n) is 9.58. The van der Waals surface area contributed by atoms with Crippen LogP contribution in [0.5, 0.6) is 0 Å². The van der Waals surface area contributed by atoms with Gasteiger partial charge in [-0.15, -0.1) is 0 Å². The summed E-state index contributed by atoms with van der Waals surface area (Å²) in [4.78, 5) is 21.5. The molecule has 2 N–H and O–H groups in total. The second-order valence-corrected chi connectivity index (χ2v) is 5.08. The van der Waals surface area contributed by atoms with E-state index >= 15 is 0 Å². The summed E-state index contributed by atoms with van der Waals surface area (Å²) in [6.07, 6.45) is 1.32. The van der Waals surface area contributed by atoms with Gasteiger partial charge >= 0.3 is 0 Å². The first-order valence-electron chi connectivity index (χ1n) is 5.25. The first-order chi connectivity index (χ1) is 8.52. The molecular weight excluding hydrogens is 278 g/mol. The lowest BCUT2D eigenvalue weighted by atomic mass is 10.3. The van der Waals surface area contributed by atoms with Crippen LogP contribution in [0.15, 0.2) is 11.4 Å². The fourth-order valence-electron chi connectivity index (χ4n) is 1.68. The van der Waals surface area contributed by atoms with Gasteiger partial charge in [0, 0.05) is 13.1 Å². The topological polar surface area (TPSA) is 86.6 Å². The van der Waals surface area contributed by atoms with E-state index in [1.807, 2.05) is 0 Å². The van der Waals surface area contributed by atoms with Crippen LogP contribution in [0.2, 0.25) is 5.02 Å². The molecule has 2 rings (SSSR count). The van der Waals surface area contributed by atoms with Crippen molar-refractivity contribution in [1.82, 2.24) is 14.9 Å². The number of nitrogens with zero attached hydrogens (tertiary/aromatic N) is 3. The van der Waals surface area contributed by atoms with Crippen LogP contribution in [0.25, 0.3) is 0 Å². The van der Waals surface area contributed by atoms with Gasteiger partial charge in [0.1, 0.15) is 0 Å². The quantitative estimate of drug-likeness (QED) is 0.590. The Hall–Kier alpha value is -0.890. The summed E-state index contributed by atoms with van der Waals surface area (Å²) in [6.45, 7) is 0.157. The van der Waals surface area contributed by atoms with E-state index in [0.29, 0.717) is 5.16 Å². The van der Waals surface area contributed by atoms with Gasteiger partial charge in [-0.3, -0.25) is 4.79 Å². The van der Waals surface area contributed by atoms with Gasteiger partial charge in [-0.1, -0.05) is 23.4 Å². The van der Waals surface area contributed by atoms with Crippen molar-refractivity contribution in [2.75, 3.05) is 19.3 Å². The van der Waals surface area contributed by atoms with Gasteiger partial charge in [-0.2, -0.15) is 0 Å². The van der Waals surface area contributed by atoms with Crippen LogP contribution in [-0.2, 0) is 0 Å². The minimum absolute atomic E-state index is 0.0783. The maximum Gasteiger partial charge on any atom is 0.274 e. The van der Waals surface area contributed by atoms with Gasteiger partial charge in [-0.05, 0) is 6.26 Å². The van der Waals surface area contributed by atoms with Crippen molar-refractivity contribution < 1.29 is 15.0 Å². The van der Waals surface area contributed by atoms with E-state index in [9.17, 15) is 15.0 Å². The molecule has 0 bridgehead atoms. The highest BCUT2D eigenvalue weighted by atomic mass is 35.5. The molecule has 18 heavy (non-hydrogen) atoms. The molecule has 2 heterocycles. The predicted molar refractivity (Wildman–Crippen MR) is 66.7 cm³/mol. The normalized spacial score (nSPS) is 23.4. The molecule has 1 aromatic rings. The second-order valence-electron chi connectivity index (χ2n) is 3.90. The van der Waals surface area contributed by atoms with E-state index in [1.54, 1.807) is 6.26 Å². The molecular formula is C10H12ClN3O3S. The smallest absolute Gasteiger partial charge is 0.274 e. The maximum absolute atomic E-state index is 12.1. The van der Waals surface area contributed by atoms with Gasteiger partial charge < -0.3 is 15.1 Å². The van der Waals surface area contributed by atoms with Crippen LogP contribution in [0.1, 0.15) is 10.5 Å². The summed E-state index contributed by atoms with van der Waals surface area (Å²) in [5.41, 5.74) is 0.0947. The number of aliphatic hydroxyl groups is 2. The van der Waals surface area contributed by atoms with Crippen molar-refractivity contribution in [3.05, 3.63) is 16.9 Å². The summed E-state index contributed by atoms with van der Waals surface area (Å²) >= 11 is 7.19. The summed E-state index contributed by atoms with van der Waals surface area (Å²) in [7, 11) is 0. The number of aromatic nitrogens is 2. The third-order valence-electron chi connectivity index (χ3n) is 2.65. The molecule has 0 saturated carbocycles. The number of β-amino-alcohol motifs (C(OH)–C–C–N with tert-alkyl or cyclic N) is 2. The van der Waals surface area contributed by atoms with Crippen LogP contribution in [-0.4, -0.2) is 62.5 Å². The standard InChI is InChI=1S/C10H12ClN3O3S/c1-18-10-12-2-5(11)8(13-10)9(17)14-3-6(15)7(16)4-14/h2,6-7,15-16H,3-4H2,1H3/t6-,7+. The molecule has 98 valence electrons. The van der Waals surface area contributed by atoms with Crippen molar-refractivity contribution in [3.8, 4) is 0 Å². The Labute approximate surface area is 113 Å². The summed E-state index contributed by atoms with van der Waals surface area (Å²) in [5.74, 6) is -0.409. The molecule has 0 radical (unpaired) electrons. The van der Waals surface area contributed by atoms with E-state index in [2.05, 4.69) is 9.97 Å². The van der Waals surface area contributed by atoms with Crippen molar-refractivity contribution in [2.45, 2.75) is 17.4 Å². The number of thioether (sulfide) groups is 1. The molecule has 0 unspecified atom stereocenters. The molecule has 1 aliphatic heterocycles. The molecule has 1 saturated heterocycles. The molecule has 0 aliphatic carbocycles. The average Bonchev–Trinajstić information content (AvgIpc) is 2.69. The Morgan fingerprint density at radius 3 is 2.67 bits per heavy atom. The van der Waals surface area contributed by atoms with Gasteiger partial charge in [0.25, 0.3) is 5.91 Å². The van der Waals surface area contributed by atoms with Crippen LogP contribution in [0, 0.1) is 0 Å². The summed E-state index contributed by atoms with van der Waals surface area (Å²) < 4.78 is 0. The van der Waals surface area contributed by atoms with Crippen LogP contribution in [0.4, 0.5) is 0 Å². The molecule has 1 fully saturated rings. The maximum atomic E-state index is 12.1. The van der Waals surface area contributed by atoms with Crippen LogP contribution >= 0.6 is 23.4 Å². The highest BCUT2D eigenvalue weighted by Gasteiger charge is 2.34. The van der Waals surface area contributed by atoms with Crippen molar-refractivity contribution in [3.63, 3.8) is 0 Å². The predicted octanol–water partition coefficient (Wildman–Crippen LogP) is 0.0295.